The van der Waals surface area contributed by atoms with Gasteiger partial charge < -0.3 is 10.2 Å². The fraction of sp³-hybridized carbons (Fsp3) is 0.417. The zero-order valence-corrected chi connectivity index (χ0v) is 18.9. The Balaban J connectivity index is 1.37. The lowest BCUT2D eigenvalue weighted by Gasteiger charge is -2.27. The minimum absolute atomic E-state index is 0.0555. The molecule has 0 spiro atoms. The molecule has 0 radical (unpaired) electrons. The number of aromatic nitrogens is 3. The van der Waals surface area contributed by atoms with Crippen LogP contribution >= 0.6 is 11.3 Å². The molecular formula is C24H27N5OS. The van der Waals surface area contributed by atoms with E-state index in [1.54, 1.807) is 11.3 Å². The summed E-state index contributed by atoms with van der Waals surface area (Å²) in [6.45, 7) is 6.80. The highest BCUT2D eigenvalue weighted by Crippen LogP contribution is 2.49. The van der Waals surface area contributed by atoms with Crippen LogP contribution < -0.4 is 5.32 Å². The fourth-order valence-electron chi connectivity index (χ4n) is 4.57. The number of piperidine rings is 1. The number of benzene rings is 1. The second kappa shape index (κ2) is 8.04. The molecule has 3 aromatic rings. The lowest BCUT2D eigenvalue weighted by molar-refractivity contribution is 0.0704. The highest BCUT2D eigenvalue weighted by Gasteiger charge is 2.54. The van der Waals surface area contributed by atoms with Gasteiger partial charge in [-0.1, -0.05) is 36.8 Å². The summed E-state index contributed by atoms with van der Waals surface area (Å²) >= 11 is 1.60. The maximum atomic E-state index is 13.7. The highest BCUT2D eigenvalue weighted by atomic mass is 32.1. The first-order chi connectivity index (χ1) is 15.0. The summed E-state index contributed by atoms with van der Waals surface area (Å²) in [7, 11) is 0. The van der Waals surface area contributed by atoms with Gasteiger partial charge in [0.1, 0.15) is 5.69 Å². The molecule has 5 rings (SSSR count). The van der Waals surface area contributed by atoms with Gasteiger partial charge in [-0.2, -0.15) is 0 Å². The van der Waals surface area contributed by atoms with Gasteiger partial charge in [-0.15, -0.1) is 11.3 Å². The fourth-order valence-corrected chi connectivity index (χ4v) is 5.48. The molecule has 2 fully saturated rings. The Hall–Kier alpha value is -2.80. The topological polar surface area (TPSA) is 71.0 Å². The van der Waals surface area contributed by atoms with Gasteiger partial charge in [-0.3, -0.25) is 4.79 Å². The number of nitrogens with zero attached hydrogens (tertiary/aromatic N) is 4. The van der Waals surface area contributed by atoms with Gasteiger partial charge in [0.2, 0.25) is 5.95 Å². The molecule has 3 atom stereocenters. The van der Waals surface area contributed by atoms with Crippen molar-refractivity contribution in [1.29, 1.82) is 0 Å². The van der Waals surface area contributed by atoms with E-state index < -0.39 is 0 Å². The number of carbonyl (C=O) groups is 1. The number of fused-ring (bicyclic) bond motifs is 1. The molecule has 1 aromatic carbocycles. The Labute approximate surface area is 186 Å². The number of hydrogen-bond donors (Lipinski definition) is 1. The predicted molar refractivity (Wildman–Crippen MR) is 123 cm³/mol. The smallest absolute Gasteiger partial charge is 0.274 e. The Bertz CT molecular complexity index is 1110. The quantitative estimate of drug-likeness (QED) is 0.620. The van der Waals surface area contributed by atoms with Crippen LogP contribution in [-0.2, 0) is 6.42 Å². The maximum Gasteiger partial charge on any atom is 0.274 e. The van der Waals surface area contributed by atoms with E-state index in [0.29, 0.717) is 30.1 Å². The standard InChI is InChI=1S/C24H27N5OS/c1-4-16-11-25-24(26-12-16)27-13-19-9-18-10-20(18)29(19)23(30)21-22(31-15(3)28-21)17-7-5-6-14(2)8-17/h5-8,11-12,18-20H,4,9-10,13H2,1-3H3,(H,25,26,27)/t18-,19+,20+/m1/s1. The number of aryl methyl sites for hydroxylation is 3. The summed E-state index contributed by atoms with van der Waals surface area (Å²) in [5, 5.41) is 4.26. The molecule has 3 heterocycles. The molecule has 0 unspecified atom stereocenters. The number of thiazole rings is 1. The molecule has 31 heavy (non-hydrogen) atoms. The zero-order chi connectivity index (χ0) is 21.5. The van der Waals surface area contributed by atoms with Gasteiger partial charge in [0, 0.05) is 25.0 Å². The van der Waals surface area contributed by atoms with Crippen LogP contribution in [-0.4, -0.2) is 44.4 Å². The summed E-state index contributed by atoms with van der Waals surface area (Å²) in [6, 6.07) is 8.79. The third kappa shape index (κ3) is 3.94. The van der Waals surface area contributed by atoms with Gasteiger partial charge >= 0.3 is 0 Å². The van der Waals surface area contributed by atoms with Gasteiger partial charge in [-0.25, -0.2) is 15.0 Å². The van der Waals surface area contributed by atoms with Crippen molar-refractivity contribution in [1.82, 2.24) is 19.9 Å². The first-order valence-corrected chi connectivity index (χ1v) is 11.8. The average Bonchev–Trinajstić information content (AvgIpc) is 3.26. The van der Waals surface area contributed by atoms with E-state index in [-0.39, 0.29) is 11.9 Å². The molecule has 1 saturated carbocycles. The lowest BCUT2D eigenvalue weighted by atomic mass is 10.1. The molecule has 160 valence electrons. The summed E-state index contributed by atoms with van der Waals surface area (Å²) in [5.41, 5.74) is 3.96. The minimum Gasteiger partial charge on any atom is -0.352 e. The number of nitrogens with one attached hydrogen (secondary N) is 1. The highest BCUT2D eigenvalue weighted by molar-refractivity contribution is 7.15. The molecule has 1 aliphatic heterocycles. The van der Waals surface area contributed by atoms with Gasteiger partial charge in [0.25, 0.3) is 5.91 Å². The van der Waals surface area contributed by atoms with Crippen LogP contribution in [0.1, 0.15) is 46.4 Å². The van der Waals surface area contributed by atoms with Crippen molar-refractivity contribution >= 4 is 23.2 Å². The number of hydrogen-bond acceptors (Lipinski definition) is 6. The van der Waals surface area contributed by atoms with Crippen LogP contribution in [0.25, 0.3) is 10.4 Å². The number of carbonyl (C=O) groups excluding carboxylic acids is 1. The number of rotatable bonds is 6. The van der Waals surface area contributed by atoms with Crippen molar-refractivity contribution in [2.24, 2.45) is 5.92 Å². The first kappa shape index (κ1) is 20.1. The molecule has 1 amide bonds. The molecule has 1 aliphatic carbocycles. The minimum atomic E-state index is 0.0555. The second-order valence-electron chi connectivity index (χ2n) is 8.59. The lowest BCUT2D eigenvalue weighted by Crippen LogP contribution is -2.42. The second-order valence-corrected chi connectivity index (χ2v) is 9.80. The third-order valence-electron chi connectivity index (χ3n) is 6.27. The molecule has 1 saturated heterocycles. The number of anilines is 1. The number of amides is 1. The van der Waals surface area contributed by atoms with Crippen molar-refractivity contribution in [2.75, 3.05) is 11.9 Å². The monoisotopic (exact) mass is 433 g/mol. The van der Waals surface area contributed by atoms with Crippen molar-refractivity contribution in [3.8, 4) is 10.4 Å². The van der Waals surface area contributed by atoms with E-state index in [1.165, 1.54) is 5.56 Å². The Morgan fingerprint density at radius 2 is 2.03 bits per heavy atom. The molecule has 2 aliphatic rings. The zero-order valence-electron chi connectivity index (χ0n) is 18.1. The maximum absolute atomic E-state index is 13.7. The van der Waals surface area contributed by atoms with Crippen LogP contribution in [0.2, 0.25) is 0 Å². The van der Waals surface area contributed by atoms with Gasteiger partial charge in [-0.05, 0) is 50.2 Å². The SMILES string of the molecule is CCc1cnc(NC[C@@H]2C[C@@H]3C[C@@H]3N2C(=O)c2nc(C)sc2-c2cccc(C)c2)nc1. The van der Waals surface area contributed by atoms with E-state index in [0.717, 1.165) is 40.3 Å². The normalized spacial score (nSPS) is 21.8. The average molecular weight is 434 g/mol. The van der Waals surface area contributed by atoms with E-state index >= 15 is 0 Å². The van der Waals surface area contributed by atoms with Crippen LogP contribution in [0.3, 0.4) is 0 Å². The van der Waals surface area contributed by atoms with E-state index in [4.69, 9.17) is 0 Å². The molecule has 0 bridgehead atoms. The van der Waals surface area contributed by atoms with Crippen LogP contribution in [0.5, 0.6) is 0 Å². The van der Waals surface area contributed by atoms with E-state index in [1.807, 2.05) is 25.4 Å². The molecular weight excluding hydrogens is 406 g/mol. The summed E-state index contributed by atoms with van der Waals surface area (Å²) in [6.07, 6.45) is 6.77. The first-order valence-electron chi connectivity index (χ1n) is 11.0. The summed E-state index contributed by atoms with van der Waals surface area (Å²) in [4.78, 5) is 30.2. The van der Waals surface area contributed by atoms with Crippen molar-refractivity contribution in [3.63, 3.8) is 0 Å². The third-order valence-corrected chi connectivity index (χ3v) is 7.29. The summed E-state index contributed by atoms with van der Waals surface area (Å²) in [5.74, 6) is 1.29. The van der Waals surface area contributed by atoms with Crippen LogP contribution in [0.4, 0.5) is 5.95 Å². The Morgan fingerprint density at radius 3 is 2.77 bits per heavy atom. The van der Waals surface area contributed by atoms with Gasteiger partial charge in [0.05, 0.1) is 15.9 Å². The molecule has 2 aromatic heterocycles. The van der Waals surface area contributed by atoms with Crippen molar-refractivity contribution in [3.05, 3.63) is 58.5 Å². The van der Waals surface area contributed by atoms with Crippen LogP contribution in [0.15, 0.2) is 36.7 Å². The largest absolute Gasteiger partial charge is 0.352 e. The van der Waals surface area contributed by atoms with Crippen molar-refractivity contribution < 1.29 is 4.79 Å². The Kier molecular flexibility index (Phi) is 5.22. The predicted octanol–water partition coefficient (Wildman–Crippen LogP) is 4.49. The summed E-state index contributed by atoms with van der Waals surface area (Å²) < 4.78 is 0. The molecule has 1 N–H and O–H groups in total. The van der Waals surface area contributed by atoms with Gasteiger partial charge in [0.15, 0.2) is 0 Å². The Morgan fingerprint density at radius 1 is 1.23 bits per heavy atom. The molecule has 6 nitrogen and oxygen atoms in total. The molecule has 7 heteroatoms. The number of likely N-dealkylation sites (tertiary alicyclic amines) is 1. The van der Waals surface area contributed by atoms with E-state index in [9.17, 15) is 4.79 Å². The van der Waals surface area contributed by atoms with E-state index in [2.05, 4.69) is 57.2 Å². The van der Waals surface area contributed by atoms with Crippen LogP contribution in [0, 0.1) is 19.8 Å². The van der Waals surface area contributed by atoms with Crippen molar-refractivity contribution in [2.45, 2.75) is 52.1 Å².